The van der Waals surface area contributed by atoms with E-state index in [0.717, 1.165) is 5.56 Å². The number of carbonyl (C=O) groups is 3. The van der Waals surface area contributed by atoms with Gasteiger partial charge in [-0.25, -0.2) is 4.79 Å². The molecule has 0 saturated carbocycles. The van der Waals surface area contributed by atoms with Gasteiger partial charge in [0.15, 0.2) is 0 Å². The first-order valence-corrected chi connectivity index (χ1v) is 9.99. The molecule has 0 spiro atoms. The van der Waals surface area contributed by atoms with E-state index in [1.54, 1.807) is 26.0 Å². The number of amides is 1. The maximum atomic E-state index is 12.7. The van der Waals surface area contributed by atoms with Crippen molar-refractivity contribution >= 4 is 29.4 Å². The van der Waals surface area contributed by atoms with Crippen LogP contribution in [-0.2, 0) is 30.5 Å². The number of aliphatic carboxylic acids is 1. The first-order chi connectivity index (χ1) is 13.8. The molecular weight excluding hydrogens is 400 g/mol. The molecule has 0 bridgehead atoms. The summed E-state index contributed by atoms with van der Waals surface area (Å²) in [5, 5.41) is 12.8. The van der Waals surface area contributed by atoms with Crippen LogP contribution in [0.2, 0.25) is 5.02 Å². The Kier molecular flexibility index (Phi) is 8.88. The molecule has 29 heavy (non-hydrogen) atoms. The van der Waals surface area contributed by atoms with Crippen LogP contribution in [0.3, 0.4) is 0 Å². The van der Waals surface area contributed by atoms with Crippen molar-refractivity contribution in [3.05, 3.63) is 34.9 Å². The molecule has 3 atom stereocenters. The molecule has 160 valence electrons. The number of halogens is 1. The molecule has 1 fully saturated rings. The molecule has 1 aliphatic heterocycles. The second-order valence-corrected chi connectivity index (χ2v) is 7.30. The summed E-state index contributed by atoms with van der Waals surface area (Å²) in [6.45, 7) is 4.15. The summed E-state index contributed by atoms with van der Waals surface area (Å²) in [6, 6.07) is 4.69. The molecule has 8 nitrogen and oxygen atoms in total. The number of carbonyl (C=O) groups excluding carboxylic acids is 2. The fourth-order valence-corrected chi connectivity index (χ4v) is 3.34. The molecule has 0 aliphatic carbocycles. The molecular formula is C20H27ClN2O6. The van der Waals surface area contributed by atoms with Crippen LogP contribution >= 0.6 is 11.6 Å². The zero-order chi connectivity index (χ0) is 21.4. The number of hydrogen-bond donors (Lipinski definition) is 2. The topological polar surface area (TPSA) is 105 Å². The molecule has 9 heteroatoms. The highest BCUT2D eigenvalue weighted by Gasteiger charge is 2.37. The number of rotatable bonds is 10. The minimum atomic E-state index is -1.02. The Balaban J connectivity index is 1.95. The SMILES string of the molecule is CCOC(=O)[C@H](COCc1ccc(Cl)cc1)NC(C)C(=O)N1CCC[C@H]1C(=O)O. The third-order valence-electron chi connectivity index (χ3n) is 4.68. The van der Waals surface area contributed by atoms with Gasteiger partial charge in [0.1, 0.15) is 12.1 Å². The standard InChI is InChI=1S/C20H27ClN2O6/c1-3-29-20(27)16(12-28-11-14-6-8-15(21)9-7-14)22-13(2)18(24)23-10-4-5-17(23)19(25)26/h6-9,13,16-17,22H,3-5,10-12H2,1-2H3,(H,25,26)/t13?,16-,17-/m0/s1. The molecule has 1 amide bonds. The lowest BCUT2D eigenvalue weighted by atomic mass is 10.2. The summed E-state index contributed by atoms with van der Waals surface area (Å²) in [5.74, 6) is -1.90. The van der Waals surface area contributed by atoms with Gasteiger partial charge in [-0.15, -0.1) is 0 Å². The largest absolute Gasteiger partial charge is 0.480 e. The lowest BCUT2D eigenvalue weighted by molar-refractivity contribution is -0.151. The van der Waals surface area contributed by atoms with Crippen molar-refractivity contribution < 1.29 is 29.0 Å². The Labute approximate surface area is 175 Å². The number of esters is 1. The predicted octanol–water partition coefficient (Wildman–Crippen LogP) is 1.84. The summed E-state index contributed by atoms with van der Waals surface area (Å²) < 4.78 is 10.7. The van der Waals surface area contributed by atoms with E-state index in [2.05, 4.69) is 5.32 Å². The zero-order valence-electron chi connectivity index (χ0n) is 16.6. The summed E-state index contributed by atoms with van der Waals surface area (Å²) in [4.78, 5) is 37.7. The van der Waals surface area contributed by atoms with E-state index in [1.807, 2.05) is 12.1 Å². The second-order valence-electron chi connectivity index (χ2n) is 6.86. The lowest BCUT2D eigenvalue weighted by Crippen LogP contribution is -2.54. The molecule has 1 heterocycles. The van der Waals surface area contributed by atoms with Gasteiger partial charge in [0.2, 0.25) is 5.91 Å². The average molecular weight is 427 g/mol. The quantitative estimate of drug-likeness (QED) is 0.550. The fourth-order valence-electron chi connectivity index (χ4n) is 3.21. The van der Waals surface area contributed by atoms with Crippen LogP contribution in [0.25, 0.3) is 0 Å². The summed E-state index contributed by atoms with van der Waals surface area (Å²) in [6.07, 6.45) is 1.07. The smallest absolute Gasteiger partial charge is 0.326 e. The maximum Gasteiger partial charge on any atom is 0.326 e. The van der Waals surface area contributed by atoms with Crippen molar-refractivity contribution in [2.45, 2.75) is 51.4 Å². The van der Waals surface area contributed by atoms with Crippen LogP contribution in [0.4, 0.5) is 0 Å². The highest BCUT2D eigenvalue weighted by atomic mass is 35.5. The second kappa shape index (κ2) is 11.1. The molecule has 1 aromatic carbocycles. The summed E-state index contributed by atoms with van der Waals surface area (Å²) in [5.41, 5.74) is 0.891. The molecule has 0 aromatic heterocycles. The third kappa shape index (κ3) is 6.69. The van der Waals surface area contributed by atoms with E-state index in [4.69, 9.17) is 21.1 Å². The predicted molar refractivity (Wildman–Crippen MR) is 106 cm³/mol. The Morgan fingerprint density at radius 3 is 2.62 bits per heavy atom. The maximum absolute atomic E-state index is 12.7. The van der Waals surface area contributed by atoms with Gasteiger partial charge < -0.3 is 19.5 Å². The van der Waals surface area contributed by atoms with E-state index >= 15 is 0 Å². The number of nitrogens with zero attached hydrogens (tertiary/aromatic N) is 1. The van der Waals surface area contributed by atoms with E-state index in [1.165, 1.54) is 4.90 Å². The number of benzene rings is 1. The minimum Gasteiger partial charge on any atom is -0.480 e. The lowest BCUT2D eigenvalue weighted by Gasteiger charge is -2.27. The Hall–Kier alpha value is -2.16. The first-order valence-electron chi connectivity index (χ1n) is 9.61. The van der Waals surface area contributed by atoms with E-state index < -0.39 is 30.1 Å². The Bertz CT molecular complexity index is 711. The van der Waals surface area contributed by atoms with Gasteiger partial charge in [-0.05, 0) is 44.4 Å². The van der Waals surface area contributed by atoms with Crippen LogP contribution in [0.15, 0.2) is 24.3 Å². The molecule has 1 saturated heterocycles. The molecule has 1 aliphatic rings. The van der Waals surface area contributed by atoms with Crippen LogP contribution in [0.5, 0.6) is 0 Å². The van der Waals surface area contributed by atoms with Crippen molar-refractivity contribution in [2.75, 3.05) is 19.8 Å². The number of ether oxygens (including phenoxy) is 2. The van der Waals surface area contributed by atoms with Crippen molar-refractivity contribution in [3.63, 3.8) is 0 Å². The molecule has 2 N–H and O–H groups in total. The number of carboxylic acid groups (broad SMARTS) is 1. The van der Waals surface area contributed by atoms with Crippen LogP contribution in [-0.4, -0.2) is 65.7 Å². The van der Waals surface area contributed by atoms with Crippen molar-refractivity contribution in [1.29, 1.82) is 0 Å². The normalized spacial score (nSPS) is 18.3. The number of carboxylic acids is 1. The van der Waals surface area contributed by atoms with E-state index in [9.17, 15) is 19.5 Å². The molecule has 1 unspecified atom stereocenters. The summed E-state index contributed by atoms with van der Waals surface area (Å²) >= 11 is 5.86. The van der Waals surface area contributed by atoms with Gasteiger partial charge in [0.05, 0.1) is 25.9 Å². The van der Waals surface area contributed by atoms with Gasteiger partial charge >= 0.3 is 11.9 Å². The number of hydrogen-bond acceptors (Lipinski definition) is 6. The van der Waals surface area contributed by atoms with Crippen molar-refractivity contribution in [1.82, 2.24) is 10.2 Å². The van der Waals surface area contributed by atoms with Crippen molar-refractivity contribution in [3.8, 4) is 0 Å². The van der Waals surface area contributed by atoms with Gasteiger partial charge in [-0.1, -0.05) is 23.7 Å². The van der Waals surface area contributed by atoms with Crippen LogP contribution in [0, 0.1) is 0 Å². The zero-order valence-corrected chi connectivity index (χ0v) is 17.4. The van der Waals surface area contributed by atoms with Crippen LogP contribution in [0.1, 0.15) is 32.3 Å². The van der Waals surface area contributed by atoms with E-state index in [-0.39, 0.29) is 25.7 Å². The van der Waals surface area contributed by atoms with Gasteiger partial charge in [0.25, 0.3) is 0 Å². The van der Waals surface area contributed by atoms with Crippen LogP contribution < -0.4 is 5.32 Å². The fraction of sp³-hybridized carbons (Fsp3) is 0.550. The molecule has 2 rings (SSSR count). The highest BCUT2D eigenvalue weighted by Crippen LogP contribution is 2.18. The molecule has 0 radical (unpaired) electrons. The first kappa shape index (κ1) is 23.1. The Morgan fingerprint density at radius 1 is 1.31 bits per heavy atom. The Morgan fingerprint density at radius 2 is 2.00 bits per heavy atom. The average Bonchev–Trinajstić information content (AvgIpc) is 3.18. The highest BCUT2D eigenvalue weighted by molar-refractivity contribution is 6.30. The number of likely N-dealkylation sites (tertiary alicyclic amines) is 1. The van der Waals surface area contributed by atoms with Gasteiger partial charge in [-0.2, -0.15) is 0 Å². The van der Waals surface area contributed by atoms with Gasteiger partial charge in [0, 0.05) is 11.6 Å². The van der Waals surface area contributed by atoms with Crippen molar-refractivity contribution in [2.24, 2.45) is 0 Å². The minimum absolute atomic E-state index is 0.00143. The summed E-state index contributed by atoms with van der Waals surface area (Å²) in [7, 11) is 0. The number of nitrogens with one attached hydrogen (secondary N) is 1. The van der Waals surface area contributed by atoms with E-state index in [0.29, 0.717) is 24.4 Å². The third-order valence-corrected chi connectivity index (χ3v) is 4.93. The van der Waals surface area contributed by atoms with Gasteiger partial charge in [-0.3, -0.25) is 14.9 Å². The monoisotopic (exact) mass is 426 g/mol. The molecule has 1 aromatic rings.